The molecule has 0 bridgehead atoms. The summed E-state index contributed by atoms with van der Waals surface area (Å²) in [5, 5.41) is 0.901. The van der Waals surface area contributed by atoms with Crippen LogP contribution in [0.1, 0.15) is 41.3 Å². The van der Waals surface area contributed by atoms with Gasteiger partial charge in [0.1, 0.15) is 0 Å². The fraction of sp³-hybridized carbons (Fsp3) is 0.290. The molecule has 0 atom stereocenters. The number of aromatic nitrogens is 1. The van der Waals surface area contributed by atoms with Crippen LogP contribution in [0.3, 0.4) is 0 Å². The molecule has 0 unspecified atom stereocenters. The highest BCUT2D eigenvalue weighted by atomic mass is 16.7. The van der Waals surface area contributed by atoms with Crippen molar-refractivity contribution in [3.63, 3.8) is 0 Å². The second-order valence-electron chi connectivity index (χ2n) is 10.1. The molecule has 2 aliphatic heterocycles. The standard InChI is InChI=1S/C31H31N3O3/c1-21(2)23-8-10-24(11-9-23)28-18-26(25-5-3-4-6-27(25)32-28)31(35)34-15-13-33(14-16-34)19-22-7-12-29-30(17-22)37-20-36-29/h3-12,17-18,21H,13-16,19-20H2,1-2H3. The molecule has 0 radical (unpaired) electrons. The zero-order valence-corrected chi connectivity index (χ0v) is 21.3. The summed E-state index contributed by atoms with van der Waals surface area (Å²) < 4.78 is 10.9. The molecular formula is C31H31N3O3. The van der Waals surface area contributed by atoms with Crippen LogP contribution in [0.5, 0.6) is 11.5 Å². The van der Waals surface area contributed by atoms with E-state index in [1.165, 1.54) is 11.1 Å². The van der Waals surface area contributed by atoms with E-state index in [9.17, 15) is 4.79 Å². The highest BCUT2D eigenvalue weighted by Gasteiger charge is 2.25. The van der Waals surface area contributed by atoms with Crippen molar-refractivity contribution in [3.8, 4) is 22.8 Å². The van der Waals surface area contributed by atoms with E-state index < -0.39 is 0 Å². The molecule has 0 spiro atoms. The number of ether oxygens (including phenoxy) is 2. The summed E-state index contributed by atoms with van der Waals surface area (Å²) in [5.74, 6) is 2.16. The minimum Gasteiger partial charge on any atom is -0.454 e. The zero-order valence-electron chi connectivity index (χ0n) is 21.3. The third-order valence-corrected chi connectivity index (χ3v) is 7.32. The summed E-state index contributed by atoms with van der Waals surface area (Å²) in [5.41, 5.74) is 5.91. The van der Waals surface area contributed by atoms with E-state index in [1.54, 1.807) is 0 Å². The van der Waals surface area contributed by atoms with Crippen LogP contribution in [0.2, 0.25) is 0 Å². The number of para-hydroxylation sites is 1. The zero-order chi connectivity index (χ0) is 25.4. The molecular weight excluding hydrogens is 462 g/mol. The lowest BCUT2D eigenvalue weighted by Crippen LogP contribution is -2.48. The van der Waals surface area contributed by atoms with Crippen LogP contribution in [-0.4, -0.2) is 53.7 Å². The summed E-state index contributed by atoms with van der Waals surface area (Å²) in [6, 6.07) is 24.5. The van der Waals surface area contributed by atoms with Crippen LogP contribution < -0.4 is 9.47 Å². The van der Waals surface area contributed by atoms with Crippen molar-refractivity contribution >= 4 is 16.8 Å². The summed E-state index contributed by atoms with van der Waals surface area (Å²) in [7, 11) is 0. The molecule has 0 aliphatic carbocycles. The number of hydrogen-bond acceptors (Lipinski definition) is 5. The van der Waals surface area contributed by atoms with Crippen molar-refractivity contribution in [2.24, 2.45) is 0 Å². The molecule has 6 nitrogen and oxygen atoms in total. The number of hydrogen-bond donors (Lipinski definition) is 0. The van der Waals surface area contributed by atoms with Gasteiger partial charge >= 0.3 is 0 Å². The molecule has 188 valence electrons. The normalized spacial score (nSPS) is 15.5. The average molecular weight is 494 g/mol. The van der Waals surface area contributed by atoms with Crippen LogP contribution in [0.25, 0.3) is 22.2 Å². The van der Waals surface area contributed by atoms with Gasteiger partial charge in [-0.25, -0.2) is 4.98 Å². The van der Waals surface area contributed by atoms with E-state index in [0.29, 0.717) is 19.0 Å². The molecule has 37 heavy (non-hydrogen) atoms. The largest absolute Gasteiger partial charge is 0.454 e. The quantitative estimate of drug-likeness (QED) is 0.356. The van der Waals surface area contributed by atoms with E-state index in [-0.39, 0.29) is 12.7 Å². The van der Waals surface area contributed by atoms with Gasteiger partial charge in [-0.05, 0) is 41.3 Å². The molecule has 1 amide bonds. The first-order chi connectivity index (χ1) is 18.0. The third kappa shape index (κ3) is 4.77. The molecule has 4 aromatic rings. The van der Waals surface area contributed by atoms with Gasteiger partial charge in [0.25, 0.3) is 5.91 Å². The maximum atomic E-state index is 13.8. The molecule has 1 aromatic heterocycles. The summed E-state index contributed by atoms with van der Waals surface area (Å²) in [6.07, 6.45) is 0. The summed E-state index contributed by atoms with van der Waals surface area (Å²) >= 11 is 0. The minimum atomic E-state index is 0.0707. The number of piperazine rings is 1. The molecule has 0 saturated carbocycles. The van der Waals surface area contributed by atoms with Crippen molar-refractivity contribution in [2.75, 3.05) is 33.0 Å². The predicted octanol–water partition coefficient (Wildman–Crippen LogP) is 5.71. The molecule has 3 heterocycles. The molecule has 1 saturated heterocycles. The number of carbonyl (C=O) groups excluding carboxylic acids is 1. The number of nitrogens with zero attached hydrogens (tertiary/aromatic N) is 3. The summed E-state index contributed by atoms with van der Waals surface area (Å²) in [4.78, 5) is 23.0. The lowest BCUT2D eigenvalue weighted by atomic mass is 9.99. The van der Waals surface area contributed by atoms with Gasteiger partial charge in [0, 0.05) is 43.7 Å². The van der Waals surface area contributed by atoms with Crippen molar-refractivity contribution in [1.82, 2.24) is 14.8 Å². The van der Waals surface area contributed by atoms with Crippen LogP contribution in [-0.2, 0) is 6.54 Å². The first kappa shape index (κ1) is 23.5. The Balaban J connectivity index is 1.20. The Labute approximate surface area is 217 Å². The molecule has 6 heteroatoms. The number of benzene rings is 3. The van der Waals surface area contributed by atoms with Gasteiger partial charge in [0.05, 0.1) is 16.8 Å². The summed E-state index contributed by atoms with van der Waals surface area (Å²) in [6.45, 7) is 8.53. The van der Waals surface area contributed by atoms with E-state index in [0.717, 1.165) is 58.9 Å². The number of fused-ring (bicyclic) bond motifs is 2. The topological polar surface area (TPSA) is 54.9 Å². The van der Waals surface area contributed by atoms with Crippen LogP contribution in [0.15, 0.2) is 72.8 Å². The Morgan fingerprint density at radius 2 is 1.65 bits per heavy atom. The van der Waals surface area contributed by atoms with Crippen LogP contribution >= 0.6 is 0 Å². The second kappa shape index (κ2) is 9.87. The van der Waals surface area contributed by atoms with Gasteiger partial charge in [-0.2, -0.15) is 0 Å². The van der Waals surface area contributed by atoms with Gasteiger partial charge < -0.3 is 14.4 Å². The van der Waals surface area contributed by atoms with Gasteiger partial charge in [0.2, 0.25) is 6.79 Å². The maximum absolute atomic E-state index is 13.8. The highest BCUT2D eigenvalue weighted by Crippen LogP contribution is 2.33. The van der Waals surface area contributed by atoms with Crippen molar-refractivity contribution < 1.29 is 14.3 Å². The number of rotatable bonds is 5. The number of amides is 1. The second-order valence-corrected chi connectivity index (χ2v) is 10.1. The molecule has 1 fully saturated rings. The fourth-order valence-corrected chi connectivity index (χ4v) is 5.12. The smallest absolute Gasteiger partial charge is 0.254 e. The Kier molecular flexibility index (Phi) is 6.26. The molecule has 0 N–H and O–H groups in total. The third-order valence-electron chi connectivity index (χ3n) is 7.32. The molecule has 6 rings (SSSR count). The van der Waals surface area contributed by atoms with E-state index >= 15 is 0 Å². The van der Waals surface area contributed by atoms with Crippen molar-refractivity contribution in [1.29, 1.82) is 0 Å². The average Bonchev–Trinajstić information content (AvgIpc) is 3.40. The first-order valence-corrected chi connectivity index (χ1v) is 13.0. The van der Waals surface area contributed by atoms with Gasteiger partial charge in [0.15, 0.2) is 11.5 Å². The van der Waals surface area contributed by atoms with Crippen molar-refractivity contribution in [3.05, 3.63) is 89.5 Å². The first-order valence-electron chi connectivity index (χ1n) is 13.0. The molecule has 3 aromatic carbocycles. The van der Waals surface area contributed by atoms with E-state index in [4.69, 9.17) is 14.5 Å². The maximum Gasteiger partial charge on any atom is 0.254 e. The Bertz CT molecular complexity index is 1440. The van der Waals surface area contributed by atoms with Gasteiger partial charge in [-0.1, -0.05) is 62.4 Å². The van der Waals surface area contributed by atoms with Crippen molar-refractivity contribution in [2.45, 2.75) is 26.3 Å². The highest BCUT2D eigenvalue weighted by molar-refractivity contribution is 6.07. The lowest BCUT2D eigenvalue weighted by molar-refractivity contribution is 0.0630. The fourth-order valence-electron chi connectivity index (χ4n) is 5.12. The van der Waals surface area contributed by atoms with E-state index in [2.05, 4.69) is 55.1 Å². The lowest BCUT2D eigenvalue weighted by Gasteiger charge is -2.35. The van der Waals surface area contributed by atoms with E-state index in [1.807, 2.05) is 41.3 Å². The Morgan fingerprint density at radius 1 is 0.892 bits per heavy atom. The Morgan fingerprint density at radius 3 is 2.43 bits per heavy atom. The SMILES string of the molecule is CC(C)c1ccc(-c2cc(C(=O)N3CCN(Cc4ccc5c(c4)OCO5)CC3)c3ccccc3n2)cc1. The molecule has 2 aliphatic rings. The van der Waals surface area contributed by atoms with Crippen LogP contribution in [0.4, 0.5) is 0 Å². The number of pyridine rings is 1. The number of carbonyl (C=O) groups is 1. The van der Waals surface area contributed by atoms with Gasteiger partial charge in [-0.15, -0.1) is 0 Å². The monoisotopic (exact) mass is 493 g/mol. The Hall–Kier alpha value is -3.90. The predicted molar refractivity (Wildman–Crippen MR) is 145 cm³/mol. The van der Waals surface area contributed by atoms with Gasteiger partial charge in [-0.3, -0.25) is 9.69 Å². The van der Waals surface area contributed by atoms with Crippen LogP contribution in [0, 0.1) is 0 Å². The minimum absolute atomic E-state index is 0.0707.